The van der Waals surface area contributed by atoms with Crippen LogP contribution in [0.1, 0.15) is 25.4 Å². The molecule has 108 valence electrons. The second-order valence-electron chi connectivity index (χ2n) is 6.20. The van der Waals surface area contributed by atoms with Crippen LogP contribution in [0.3, 0.4) is 0 Å². The van der Waals surface area contributed by atoms with Gasteiger partial charge in [0.25, 0.3) is 0 Å². The Morgan fingerprint density at radius 3 is 2.58 bits per heavy atom. The van der Waals surface area contributed by atoms with E-state index in [1.54, 1.807) is 0 Å². The highest BCUT2D eigenvalue weighted by Crippen LogP contribution is 2.15. The maximum Gasteiger partial charge on any atom is 0.103 e. The number of nitrogens with one attached hydrogen (secondary N) is 2. The van der Waals surface area contributed by atoms with E-state index in [2.05, 4.69) is 46.0 Å². The topological polar surface area (TPSA) is 47.2 Å². The SMILES string of the molecule is Cc1ncc(CNCC(C)(C)N2CCN(C)CC2)[nH]1. The quantitative estimate of drug-likeness (QED) is 0.828. The van der Waals surface area contributed by atoms with Crippen LogP contribution >= 0.6 is 0 Å². The molecule has 0 atom stereocenters. The van der Waals surface area contributed by atoms with E-state index in [1.165, 1.54) is 13.1 Å². The molecule has 1 aliphatic rings. The van der Waals surface area contributed by atoms with Crippen molar-refractivity contribution >= 4 is 0 Å². The van der Waals surface area contributed by atoms with E-state index in [9.17, 15) is 0 Å². The average molecular weight is 265 g/mol. The number of rotatable bonds is 5. The van der Waals surface area contributed by atoms with Gasteiger partial charge < -0.3 is 15.2 Å². The molecule has 2 N–H and O–H groups in total. The molecule has 0 unspecified atom stereocenters. The molecule has 1 aromatic heterocycles. The Bertz CT molecular complexity index is 390. The first-order valence-corrected chi connectivity index (χ1v) is 7.12. The maximum absolute atomic E-state index is 4.22. The number of imidazole rings is 1. The summed E-state index contributed by atoms with van der Waals surface area (Å²) in [4.78, 5) is 12.4. The van der Waals surface area contributed by atoms with Crippen LogP contribution in [0.15, 0.2) is 6.20 Å². The van der Waals surface area contributed by atoms with Gasteiger partial charge in [0.05, 0.1) is 0 Å². The number of likely N-dealkylation sites (N-methyl/N-ethyl adjacent to an activating group) is 1. The fourth-order valence-electron chi connectivity index (χ4n) is 2.59. The van der Waals surface area contributed by atoms with Crippen LogP contribution in [0.4, 0.5) is 0 Å². The Morgan fingerprint density at radius 2 is 2.00 bits per heavy atom. The summed E-state index contributed by atoms with van der Waals surface area (Å²) in [5.41, 5.74) is 1.36. The molecular formula is C14H27N5. The summed E-state index contributed by atoms with van der Waals surface area (Å²) in [6.07, 6.45) is 1.91. The smallest absolute Gasteiger partial charge is 0.103 e. The van der Waals surface area contributed by atoms with Gasteiger partial charge in [-0.05, 0) is 27.8 Å². The van der Waals surface area contributed by atoms with Crippen molar-refractivity contribution in [1.82, 2.24) is 25.1 Å². The largest absolute Gasteiger partial charge is 0.345 e. The molecular weight excluding hydrogens is 238 g/mol. The van der Waals surface area contributed by atoms with Gasteiger partial charge in [-0.2, -0.15) is 0 Å². The van der Waals surface area contributed by atoms with Crippen molar-refractivity contribution in [3.8, 4) is 0 Å². The molecule has 5 nitrogen and oxygen atoms in total. The fraction of sp³-hybridized carbons (Fsp3) is 0.786. The second kappa shape index (κ2) is 6.03. The van der Waals surface area contributed by atoms with Crippen molar-refractivity contribution in [3.05, 3.63) is 17.7 Å². The number of hydrogen-bond acceptors (Lipinski definition) is 4. The van der Waals surface area contributed by atoms with Crippen LogP contribution in [0.2, 0.25) is 0 Å². The highest BCUT2D eigenvalue weighted by molar-refractivity contribution is 4.99. The lowest BCUT2D eigenvalue weighted by Crippen LogP contribution is -2.57. The average Bonchev–Trinajstić information content (AvgIpc) is 2.75. The predicted octanol–water partition coefficient (Wildman–Crippen LogP) is 0.834. The molecule has 0 aromatic carbocycles. The molecule has 0 aliphatic carbocycles. The van der Waals surface area contributed by atoms with E-state index < -0.39 is 0 Å². The van der Waals surface area contributed by atoms with Gasteiger partial charge in [0.15, 0.2) is 0 Å². The van der Waals surface area contributed by atoms with Crippen LogP contribution in [0, 0.1) is 6.92 Å². The summed E-state index contributed by atoms with van der Waals surface area (Å²) in [6.45, 7) is 13.1. The second-order valence-corrected chi connectivity index (χ2v) is 6.20. The molecule has 0 radical (unpaired) electrons. The molecule has 2 heterocycles. The number of H-pyrrole nitrogens is 1. The zero-order valence-electron chi connectivity index (χ0n) is 12.7. The molecule has 0 bridgehead atoms. The van der Waals surface area contributed by atoms with Crippen molar-refractivity contribution in [2.24, 2.45) is 0 Å². The van der Waals surface area contributed by atoms with Gasteiger partial charge in [-0.1, -0.05) is 0 Å². The van der Waals surface area contributed by atoms with Crippen LogP contribution in [-0.4, -0.2) is 65.1 Å². The first-order chi connectivity index (χ1) is 8.97. The maximum atomic E-state index is 4.22. The number of aryl methyl sites for hydroxylation is 1. The van der Waals surface area contributed by atoms with E-state index in [0.29, 0.717) is 0 Å². The van der Waals surface area contributed by atoms with E-state index in [-0.39, 0.29) is 5.54 Å². The third-order valence-electron chi connectivity index (χ3n) is 3.99. The Balaban J connectivity index is 1.77. The summed E-state index contributed by atoms with van der Waals surface area (Å²) in [6, 6.07) is 0. The molecule has 2 rings (SSSR count). The van der Waals surface area contributed by atoms with Gasteiger partial charge in [0, 0.05) is 56.7 Å². The van der Waals surface area contributed by atoms with Crippen molar-refractivity contribution < 1.29 is 0 Å². The molecule has 0 spiro atoms. The third kappa shape index (κ3) is 4.03. The zero-order chi connectivity index (χ0) is 13.9. The van der Waals surface area contributed by atoms with Crippen molar-refractivity contribution in [1.29, 1.82) is 0 Å². The summed E-state index contributed by atoms with van der Waals surface area (Å²) in [7, 11) is 2.20. The number of piperazine rings is 1. The minimum absolute atomic E-state index is 0.205. The highest BCUT2D eigenvalue weighted by Gasteiger charge is 2.28. The van der Waals surface area contributed by atoms with Crippen molar-refractivity contribution in [2.75, 3.05) is 39.8 Å². The van der Waals surface area contributed by atoms with Gasteiger partial charge in [-0.15, -0.1) is 0 Å². The zero-order valence-corrected chi connectivity index (χ0v) is 12.7. The predicted molar refractivity (Wildman–Crippen MR) is 78.2 cm³/mol. The van der Waals surface area contributed by atoms with Crippen LogP contribution in [0.5, 0.6) is 0 Å². The Hall–Kier alpha value is -0.910. The van der Waals surface area contributed by atoms with Gasteiger partial charge in [0.1, 0.15) is 5.82 Å². The summed E-state index contributed by atoms with van der Waals surface area (Å²) < 4.78 is 0. The molecule has 1 saturated heterocycles. The number of aromatic amines is 1. The highest BCUT2D eigenvalue weighted by atomic mass is 15.3. The third-order valence-corrected chi connectivity index (χ3v) is 3.99. The monoisotopic (exact) mass is 265 g/mol. The van der Waals surface area contributed by atoms with Crippen LogP contribution < -0.4 is 5.32 Å². The van der Waals surface area contributed by atoms with Crippen molar-refractivity contribution in [2.45, 2.75) is 32.9 Å². The minimum atomic E-state index is 0.205. The Kier molecular flexibility index (Phi) is 4.60. The van der Waals surface area contributed by atoms with Crippen LogP contribution in [-0.2, 0) is 6.54 Å². The molecule has 19 heavy (non-hydrogen) atoms. The standard InChI is InChI=1S/C14H27N5/c1-12-16-10-13(17-12)9-15-11-14(2,3)19-7-5-18(4)6-8-19/h10,15H,5-9,11H2,1-4H3,(H,16,17). The van der Waals surface area contributed by atoms with E-state index in [4.69, 9.17) is 0 Å². The number of nitrogens with zero attached hydrogens (tertiary/aromatic N) is 3. The van der Waals surface area contributed by atoms with Gasteiger partial charge in [-0.25, -0.2) is 4.98 Å². The van der Waals surface area contributed by atoms with Gasteiger partial charge in [0.2, 0.25) is 0 Å². The first-order valence-electron chi connectivity index (χ1n) is 7.12. The molecule has 0 saturated carbocycles. The fourth-order valence-corrected chi connectivity index (χ4v) is 2.59. The lowest BCUT2D eigenvalue weighted by atomic mass is 10.0. The van der Waals surface area contributed by atoms with Gasteiger partial charge in [-0.3, -0.25) is 4.90 Å². The van der Waals surface area contributed by atoms with Crippen LogP contribution in [0.25, 0.3) is 0 Å². The van der Waals surface area contributed by atoms with Gasteiger partial charge >= 0.3 is 0 Å². The summed E-state index contributed by atoms with van der Waals surface area (Å²) >= 11 is 0. The molecule has 1 aliphatic heterocycles. The summed E-state index contributed by atoms with van der Waals surface area (Å²) in [5.74, 6) is 0.982. The Morgan fingerprint density at radius 1 is 1.32 bits per heavy atom. The molecule has 0 amide bonds. The lowest BCUT2D eigenvalue weighted by molar-refractivity contribution is 0.0617. The number of aromatic nitrogens is 2. The molecule has 1 aromatic rings. The normalized spacial score (nSPS) is 18.9. The molecule has 5 heteroatoms. The number of hydrogen-bond donors (Lipinski definition) is 2. The molecule has 1 fully saturated rings. The van der Waals surface area contributed by atoms with E-state index >= 15 is 0 Å². The summed E-state index contributed by atoms with van der Waals surface area (Å²) in [5, 5.41) is 3.54. The Labute approximate surface area is 116 Å². The van der Waals surface area contributed by atoms with E-state index in [1.807, 2.05) is 13.1 Å². The minimum Gasteiger partial charge on any atom is -0.345 e. The first kappa shape index (κ1) is 14.5. The lowest BCUT2D eigenvalue weighted by Gasteiger charge is -2.43. The van der Waals surface area contributed by atoms with E-state index in [0.717, 1.165) is 37.7 Å². The van der Waals surface area contributed by atoms with Crippen molar-refractivity contribution in [3.63, 3.8) is 0 Å².